The Hall–Kier alpha value is -1.10. The number of carbonyl (C=O) groups is 2. The van der Waals surface area contributed by atoms with Gasteiger partial charge in [0.15, 0.2) is 0 Å². The quantitative estimate of drug-likeness (QED) is 0.582. The fourth-order valence-electron chi connectivity index (χ4n) is 1.81. The highest BCUT2D eigenvalue weighted by Crippen LogP contribution is 2.23. The van der Waals surface area contributed by atoms with Gasteiger partial charge in [-0.15, -0.1) is 0 Å². The van der Waals surface area contributed by atoms with E-state index in [9.17, 15) is 14.7 Å². The van der Waals surface area contributed by atoms with Crippen molar-refractivity contribution in [3.05, 3.63) is 0 Å². The molecule has 0 radical (unpaired) electrons. The summed E-state index contributed by atoms with van der Waals surface area (Å²) in [6, 6.07) is 0. The zero-order chi connectivity index (χ0) is 11.3. The molecule has 0 aromatic rings. The molecule has 0 bridgehead atoms. The molecule has 0 spiro atoms. The van der Waals surface area contributed by atoms with Crippen LogP contribution in [0, 0.1) is 5.92 Å². The molecule has 0 unspecified atom stereocenters. The predicted molar refractivity (Wildman–Crippen MR) is 53.2 cm³/mol. The number of carboxylic acid groups (broad SMARTS) is 1. The van der Waals surface area contributed by atoms with Crippen molar-refractivity contribution >= 4 is 11.9 Å². The topological polar surface area (TPSA) is 86.6 Å². The summed E-state index contributed by atoms with van der Waals surface area (Å²) >= 11 is 0. The van der Waals surface area contributed by atoms with Crippen LogP contribution in [0.15, 0.2) is 0 Å². The van der Waals surface area contributed by atoms with Crippen LogP contribution in [-0.4, -0.2) is 34.7 Å². The van der Waals surface area contributed by atoms with Gasteiger partial charge in [-0.3, -0.25) is 9.59 Å². The van der Waals surface area contributed by atoms with Crippen molar-refractivity contribution in [1.82, 2.24) is 5.32 Å². The van der Waals surface area contributed by atoms with Gasteiger partial charge in [-0.05, 0) is 31.6 Å². The summed E-state index contributed by atoms with van der Waals surface area (Å²) in [6.45, 7) is 0.527. The molecule has 0 aromatic heterocycles. The van der Waals surface area contributed by atoms with E-state index in [1.807, 2.05) is 0 Å². The second-order valence-electron chi connectivity index (χ2n) is 4.05. The number of amides is 1. The molecule has 0 atom stereocenters. The van der Waals surface area contributed by atoms with E-state index in [4.69, 9.17) is 5.11 Å². The van der Waals surface area contributed by atoms with Crippen LogP contribution >= 0.6 is 0 Å². The average molecular weight is 215 g/mol. The Bertz CT molecular complexity index is 234. The number of hydrogen-bond acceptors (Lipinski definition) is 3. The molecular formula is C10H17NO4. The SMILES string of the molecule is O=C(O)CC(=O)NCC1CCC(O)CC1. The molecule has 1 amide bonds. The Morgan fingerprint density at radius 2 is 1.80 bits per heavy atom. The molecule has 0 saturated heterocycles. The molecular weight excluding hydrogens is 198 g/mol. The lowest BCUT2D eigenvalue weighted by Crippen LogP contribution is -2.33. The highest BCUT2D eigenvalue weighted by molar-refractivity contribution is 5.93. The lowest BCUT2D eigenvalue weighted by molar-refractivity contribution is -0.140. The van der Waals surface area contributed by atoms with Crippen LogP contribution in [0.5, 0.6) is 0 Å². The molecule has 86 valence electrons. The van der Waals surface area contributed by atoms with E-state index in [2.05, 4.69) is 5.32 Å². The molecule has 15 heavy (non-hydrogen) atoms. The maximum atomic E-state index is 11.0. The zero-order valence-corrected chi connectivity index (χ0v) is 8.61. The first-order chi connectivity index (χ1) is 7.08. The predicted octanol–water partition coefficient (Wildman–Crippen LogP) is 0.128. The van der Waals surface area contributed by atoms with Crippen LogP contribution in [0.2, 0.25) is 0 Å². The monoisotopic (exact) mass is 215 g/mol. The highest BCUT2D eigenvalue weighted by Gasteiger charge is 2.19. The van der Waals surface area contributed by atoms with Gasteiger partial charge in [0.2, 0.25) is 5.91 Å². The van der Waals surface area contributed by atoms with Gasteiger partial charge >= 0.3 is 5.97 Å². The number of aliphatic hydroxyl groups is 1. The van der Waals surface area contributed by atoms with Gasteiger partial charge in [0.1, 0.15) is 6.42 Å². The Kier molecular flexibility index (Phi) is 4.55. The molecule has 3 N–H and O–H groups in total. The molecule has 5 heteroatoms. The lowest BCUT2D eigenvalue weighted by Gasteiger charge is -2.25. The summed E-state index contributed by atoms with van der Waals surface area (Å²) in [5.41, 5.74) is 0. The second-order valence-corrected chi connectivity index (χ2v) is 4.05. The van der Waals surface area contributed by atoms with Crippen molar-refractivity contribution < 1.29 is 19.8 Å². The van der Waals surface area contributed by atoms with E-state index < -0.39 is 18.3 Å². The molecule has 0 aromatic carbocycles. The van der Waals surface area contributed by atoms with Crippen LogP contribution in [-0.2, 0) is 9.59 Å². The number of aliphatic hydroxyl groups excluding tert-OH is 1. The lowest BCUT2D eigenvalue weighted by atomic mass is 9.87. The van der Waals surface area contributed by atoms with Crippen molar-refractivity contribution in [2.45, 2.75) is 38.2 Å². The van der Waals surface area contributed by atoms with E-state index in [0.717, 1.165) is 25.7 Å². The number of aliphatic carboxylic acids is 1. The summed E-state index contributed by atoms with van der Waals surface area (Å²) in [5, 5.41) is 20.2. The zero-order valence-electron chi connectivity index (χ0n) is 8.61. The maximum Gasteiger partial charge on any atom is 0.312 e. The largest absolute Gasteiger partial charge is 0.481 e. The molecule has 0 heterocycles. The van der Waals surface area contributed by atoms with Gasteiger partial charge in [-0.1, -0.05) is 0 Å². The van der Waals surface area contributed by atoms with Crippen molar-refractivity contribution in [2.75, 3.05) is 6.54 Å². The molecule has 1 aliphatic rings. The molecule has 1 aliphatic carbocycles. The standard InChI is InChI=1S/C10H17NO4/c12-8-3-1-7(2-4-8)6-11-9(13)5-10(14)15/h7-8,12H,1-6H2,(H,11,13)(H,14,15). The highest BCUT2D eigenvalue weighted by atomic mass is 16.4. The fourth-order valence-corrected chi connectivity index (χ4v) is 1.81. The van der Waals surface area contributed by atoms with Crippen LogP contribution in [0.3, 0.4) is 0 Å². The third kappa shape index (κ3) is 4.78. The van der Waals surface area contributed by atoms with Gasteiger partial charge in [0.05, 0.1) is 6.10 Å². The summed E-state index contributed by atoms with van der Waals surface area (Å²) in [5.74, 6) is -1.16. The Morgan fingerprint density at radius 1 is 1.20 bits per heavy atom. The van der Waals surface area contributed by atoms with Crippen molar-refractivity contribution in [1.29, 1.82) is 0 Å². The first kappa shape index (κ1) is 12.0. The van der Waals surface area contributed by atoms with E-state index in [1.165, 1.54) is 0 Å². The summed E-state index contributed by atoms with van der Waals surface area (Å²) in [6.07, 6.45) is 2.69. The van der Waals surface area contributed by atoms with Crippen LogP contribution < -0.4 is 5.32 Å². The van der Waals surface area contributed by atoms with Crippen molar-refractivity contribution in [2.24, 2.45) is 5.92 Å². The molecule has 1 fully saturated rings. The van der Waals surface area contributed by atoms with Gasteiger partial charge in [0.25, 0.3) is 0 Å². The molecule has 1 rings (SSSR count). The van der Waals surface area contributed by atoms with E-state index in [-0.39, 0.29) is 6.10 Å². The third-order valence-electron chi connectivity index (χ3n) is 2.72. The van der Waals surface area contributed by atoms with Crippen LogP contribution in [0.1, 0.15) is 32.1 Å². The van der Waals surface area contributed by atoms with Gasteiger partial charge in [0, 0.05) is 6.54 Å². The summed E-state index contributed by atoms with van der Waals surface area (Å²) < 4.78 is 0. The number of carbonyl (C=O) groups excluding carboxylic acids is 1. The third-order valence-corrected chi connectivity index (χ3v) is 2.72. The first-order valence-electron chi connectivity index (χ1n) is 5.24. The smallest absolute Gasteiger partial charge is 0.312 e. The minimum atomic E-state index is -1.11. The second kappa shape index (κ2) is 5.70. The van der Waals surface area contributed by atoms with Crippen molar-refractivity contribution in [3.8, 4) is 0 Å². The molecule has 5 nitrogen and oxygen atoms in total. The van der Waals surface area contributed by atoms with E-state index in [0.29, 0.717) is 12.5 Å². The van der Waals surface area contributed by atoms with Crippen LogP contribution in [0.4, 0.5) is 0 Å². The van der Waals surface area contributed by atoms with E-state index >= 15 is 0 Å². The van der Waals surface area contributed by atoms with Gasteiger partial charge < -0.3 is 15.5 Å². The van der Waals surface area contributed by atoms with E-state index in [1.54, 1.807) is 0 Å². The fraction of sp³-hybridized carbons (Fsp3) is 0.800. The minimum Gasteiger partial charge on any atom is -0.481 e. The molecule has 0 aliphatic heterocycles. The van der Waals surface area contributed by atoms with Gasteiger partial charge in [-0.25, -0.2) is 0 Å². The number of rotatable bonds is 4. The van der Waals surface area contributed by atoms with Crippen LogP contribution in [0.25, 0.3) is 0 Å². The molecule has 1 saturated carbocycles. The summed E-state index contributed by atoms with van der Waals surface area (Å²) in [7, 11) is 0. The van der Waals surface area contributed by atoms with Gasteiger partial charge in [-0.2, -0.15) is 0 Å². The average Bonchev–Trinajstić information content (AvgIpc) is 2.16. The number of carboxylic acids is 1. The Labute approximate surface area is 88.5 Å². The maximum absolute atomic E-state index is 11.0. The number of nitrogens with one attached hydrogen (secondary N) is 1. The first-order valence-corrected chi connectivity index (χ1v) is 5.24. The normalized spacial score (nSPS) is 25.9. The Morgan fingerprint density at radius 3 is 2.33 bits per heavy atom. The van der Waals surface area contributed by atoms with Crippen molar-refractivity contribution in [3.63, 3.8) is 0 Å². The Balaban J connectivity index is 2.14. The minimum absolute atomic E-state index is 0.198. The number of hydrogen-bond donors (Lipinski definition) is 3. The summed E-state index contributed by atoms with van der Waals surface area (Å²) in [4.78, 5) is 21.2.